The van der Waals surface area contributed by atoms with Gasteiger partial charge in [-0.1, -0.05) is 12.1 Å². The third kappa shape index (κ3) is 3.17. The van der Waals surface area contributed by atoms with Gasteiger partial charge in [0.1, 0.15) is 11.6 Å². The highest BCUT2D eigenvalue weighted by molar-refractivity contribution is 9.10. The molecule has 0 aliphatic heterocycles. The second-order valence-electron chi connectivity index (χ2n) is 3.81. The molecular formula is C13H13BrFNO. The zero-order valence-corrected chi connectivity index (χ0v) is 11.0. The fraction of sp³-hybridized carbons (Fsp3) is 0.231. The van der Waals surface area contributed by atoms with Gasteiger partial charge in [-0.2, -0.15) is 0 Å². The standard InChI is InChI=1S/C13H13BrFNO/c1-16-11(12-6-7-13(14)17-12)8-9-2-4-10(15)5-3-9/h2-7,11,16H,8H2,1H3. The average Bonchev–Trinajstić information content (AvgIpc) is 2.75. The maximum absolute atomic E-state index is 12.8. The minimum atomic E-state index is -0.212. The van der Waals surface area contributed by atoms with E-state index in [1.807, 2.05) is 19.2 Å². The van der Waals surface area contributed by atoms with Gasteiger partial charge in [0.05, 0.1) is 6.04 Å². The van der Waals surface area contributed by atoms with Crippen molar-refractivity contribution in [3.05, 3.63) is 58.2 Å². The van der Waals surface area contributed by atoms with Crippen LogP contribution >= 0.6 is 15.9 Å². The highest BCUT2D eigenvalue weighted by atomic mass is 79.9. The van der Waals surface area contributed by atoms with Crippen LogP contribution in [0, 0.1) is 5.82 Å². The summed E-state index contributed by atoms with van der Waals surface area (Å²) in [5.74, 6) is 0.652. The number of furan rings is 1. The van der Waals surface area contributed by atoms with Crippen LogP contribution in [0.4, 0.5) is 4.39 Å². The summed E-state index contributed by atoms with van der Waals surface area (Å²) in [7, 11) is 1.88. The van der Waals surface area contributed by atoms with Gasteiger partial charge in [-0.25, -0.2) is 4.39 Å². The van der Waals surface area contributed by atoms with Gasteiger partial charge in [-0.15, -0.1) is 0 Å². The molecule has 0 aliphatic rings. The Morgan fingerprint density at radius 2 is 1.94 bits per heavy atom. The first-order valence-corrected chi connectivity index (χ1v) is 6.15. The van der Waals surface area contributed by atoms with Gasteiger partial charge in [0.15, 0.2) is 4.67 Å². The number of halogens is 2. The average molecular weight is 298 g/mol. The van der Waals surface area contributed by atoms with Crippen LogP contribution < -0.4 is 5.32 Å². The van der Waals surface area contributed by atoms with Crippen molar-refractivity contribution >= 4 is 15.9 Å². The third-order valence-electron chi connectivity index (χ3n) is 2.64. The molecule has 1 heterocycles. The molecule has 1 aromatic carbocycles. The van der Waals surface area contributed by atoms with Crippen LogP contribution in [0.15, 0.2) is 45.5 Å². The lowest BCUT2D eigenvalue weighted by atomic mass is 10.0. The zero-order chi connectivity index (χ0) is 12.3. The first-order valence-electron chi connectivity index (χ1n) is 5.36. The van der Waals surface area contributed by atoms with Gasteiger partial charge in [0.25, 0.3) is 0 Å². The Morgan fingerprint density at radius 3 is 2.47 bits per heavy atom. The van der Waals surface area contributed by atoms with Crippen LogP contribution in [0.5, 0.6) is 0 Å². The van der Waals surface area contributed by atoms with E-state index in [0.29, 0.717) is 4.67 Å². The molecule has 0 saturated heterocycles. The highest BCUT2D eigenvalue weighted by Gasteiger charge is 2.13. The van der Waals surface area contributed by atoms with Crippen LogP contribution in [0.3, 0.4) is 0 Å². The summed E-state index contributed by atoms with van der Waals surface area (Å²) in [5.41, 5.74) is 1.07. The van der Waals surface area contributed by atoms with Gasteiger partial charge < -0.3 is 9.73 Å². The minimum absolute atomic E-state index is 0.0896. The number of hydrogen-bond acceptors (Lipinski definition) is 2. The van der Waals surface area contributed by atoms with E-state index in [0.717, 1.165) is 17.7 Å². The van der Waals surface area contributed by atoms with Gasteiger partial charge >= 0.3 is 0 Å². The van der Waals surface area contributed by atoms with E-state index >= 15 is 0 Å². The van der Waals surface area contributed by atoms with E-state index in [4.69, 9.17) is 4.42 Å². The van der Waals surface area contributed by atoms with E-state index in [2.05, 4.69) is 21.2 Å². The SMILES string of the molecule is CNC(Cc1ccc(F)cc1)c1ccc(Br)o1. The normalized spacial score (nSPS) is 12.6. The molecule has 1 unspecified atom stereocenters. The minimum Gasteiger partial charge on any atom is -0.453 e. The molecule has 90 valence electrons. The Balaban J connectivity index is 2.12. The number of likely N-dealkylation sites (N-methyl/N-ethyl adjacent to an activating group) is 1. The molecule has 2 nitrogen and oxygen atoms in total. The smallest absolute Gasteiger partial charge is 0.169 e. The van der Waals surface area contributed by atoms with Crippen molar-refractivity contribution in [3.8, 4) is 0 Å². The molecule has 1 atom stereocenters. The Kier molecular flexibility index (Phi) is 3.97. The van der Waals surface area contributed by atoms with Crippen LogP contribution in [0.25, 0.3) is 0 Å². The zero-order valence-electron chi connectivity index (χ0n) is 9.41. The molecule has 0 aliphatic carbocycles. The van der Waals surface area contributed by atoms with Crippen molar-refractivity contribution in [2.45, 2.75) is 12.5 Å². The number of rotatable bonds is 4. The quantitative estimate of drug-likeness (QED) is 0.931. The summed E-state index contributed by atoms with van der Waals surface area (Å²) in [6.07, 6.45) is 0.761. The molecule has 2 aromatic rings. The van der Waals surface area contributed by atoms with Crippen molar-refractivity contribution in [1.82, 2.24) is 5.32 Å². The molecule has 0 bridgehead atoms. The van der Waals surface area contributed by atoms with Crippen molar-refractivity contribution in [3.63, 3.8) is 0 Å². The molecule has 0 fully saturated rings. The van der Waals surface area contributed by atoms with Gasteiger partial charge in [-0.05, 0) is 59.2 Å². The van der Waals surface area contributed by atoms with E-state index in [9.17, 15) is 4.39 Å². The number of hydrogen-bond donors (Lipinski definition) is 1. The van der Waals surface area contributed by atoms with Crippen LogP contribution in [0.1, 0.15) is 17.4 Å². The van der Waals surface area contributed by atoms with Gasteiger partial charge in [-0.3, -0.25) is 0 Å². The van der Waals surface area contributed by atoms with Crippen molar-refractivity contribution in [2.75, 3.05) is 7.05 Å². The summed E-state index contributed by atoms with van der Waals surface area (Å²) in [6.45, 7) is 0. The summed E-state index contributed by atoms with van der Waals surface area (Å²) in [4.78, 5) is 0. The molecule has 0 spiro atoms. The molecule has 0 saturated carbocycles. The van der Waals surface area contributed by atoms with Crippen LogP contribution in [0.2, 0.25) is 0 Å². The predicted molar refractivity (Wildman–Crippen MR) is 68.3 cm³/mol. The Bertz CT molecular complexity index is 480. The Labute approximate surface area is 108 Å². The molecule has 4 heteroatoms. The molecule has 17 heavy (non-hydrogen) atoms. The monoisotopic (exact) mass is 297 g/mol. The molecule has 0 amide bonds. The van der Waals surface area contributed by atoms with E-state index < -0.39 is 0 Å². The Hall–Kier alpha value is -1.13. The fourth-order valence-electron chi connectivity index (χ4n) is 1.72. The second kappa shape index (κ2) is 5.47. The maximum Gasteiger partial charge on any atom is 0.169 e. The molecule has 2 rings (SSSR count). The van der Waals surface area contributed by atoms with Gasteiger partial charge in [0, 0.05) is 0 Å². The molecular weight excluding hydrogens is 285 g/mol. The summed E-state index contributed by atoms with van der Waals surface area (Å²) >= 11 is 3.28. The topological polar surface area (TPSA) is 25.2 Å². The first-order chi connectivity index (χ1) is 8.19. The van der Waals surface area contributed by atoms with Crippen molar-refractivity contribution in [2.24, 2.45) is 0 Å². The lowest BCUT2D eigenvalue weighted by Crippen LogP contribution is -2.18. The highest BCUT2D eigenvalue weighted by Crippen LogP contribution is 2.23. The van der Waals surface area contributed by atoms with Crippen LogP contribution in [-0.2, 0) is 6.42 Å². The molecule has 1 N–H and O–H groups in total. The van der Waals surface area contributed by atoms with Gasteiger partial charge in [0.2, 0.25) is 0 Å². The van der Waals surface area contributed by atoms with E-state index in [1.165, 1.54) is 12.1 Å². The van der Waals surface area contributed by atoms with E-state index in [-0.39, 0.29) is 11.9 Å². The largest absolute Gasteiger partial charge is 0.453 e. The Morgan fingerprint density at radius 1 is 1.24 bits per heavy atom. The lowest BCUT2D eigenvalue weighted by Gasteiger charge is -2.13. The third-order valence-corrected chi connectivity index (χ3v) is 3.07. The molecule has 1 aromatic heterocycles. The maximum atomic E-state index is 12.8. The summed E-state index contributed by atoms with van der Waals surface area (Å²) in [5, 5.41) is 3.19. The van der Waals surface area contributed by atoms with Crippen molar-refractivity contribution < 1.29 is 8.81 Å². The predicted octanol–water partition coefficient (Wildman–Crippen LogP) is 3.68. The molecule has 0 radical (unpaired) electrons. The van der Waals surface area contributed by atoms with Crippen LogP contribution in [-0.4, -0.2) is 7.05 Å². The first kappa shape index (κ1) is 12.3. The lowest BCUT2D eigenvalue weighted by molar-refractivity contribution is 0.416. The number of nitrogens with one attached hydrogen (secondary N) is 1. The summed E-state index contributed by atoms with van der Waals surface area (Å²) in [6, 6.07) is 10.4. The number of benzene rings is 1. The van der Waals surface area contributed by atoms with E-state index in [1.54, 1.807) is 12.1 Å². The fourth-order valence-corrected chi connectivity index (χ4v) is 2.04. The van der Waals surface area contributed by atoms with Crippen molar-refractivity contribution in [1.29, 1.82) is 0 Å². The second-order valence-corrected chi connectivity index (χ2v) is 4.60. The summed E-state index contributed by atoms with van der Waals surface area (Å²) < 4.78 is 19.0.